The largest absolute Gasteiger partial charge is 0.324 e. The molecule has 0 fully saturated rings. The van der Waals surface area contributed by atoms with Crippen molar-refractivity contribution in [1.29, 1.82) is 0 Å². The summed E-state index contributed by atoms with van der Waals surface area (Å²) in [6, 6.07) is 30.5. The molecular weight excluding hydrogens is 444 g/mol. The Hall–Kier alpha value is -4.97. The molecule has 1 atom stereocenters. The summed E-state index contributed by atoms with van der Waals surface area (Å²) in [5, 5.41) is 3.43. The molecule has 6 nitrogen and oxygen atoms in total. The number of hydrogen-bond acceptors (Lipinski definition) is 6. The smallest absolute Gasteiger partial charge is 0.169 e. The molecule has 0 bridgehead atoms. The van der Waals surface area contributed by atoms with E-state index in [1.165, 1.54) is 0 Å². The van der Waals surface area contributed by atoms with E-state index in [2.05, 4.69) is 68.8 Å². The van der Waals surface area contributed by atoms with Gasteiger partial charge >= 0.3 is 0 Å². The van der Waals surface area contributed by atoms with Crippen LogP contribution in [0.2, 0.25) is 0 Å². The van der Waals surface area contributed by atoms with Crippen LogP contribution >= 0.6 is 0 Å². The molecule has 0 radical (unpaired) electrons. The second-order valence-corrected chi connectivity index (χ2v) is 8.34. The summed E-state index contributed by atoms with van der Waals surface area (Å²) < 4.78 is 0. The van der Waals surface area contributed by atoms with Crippen molar-refractivity contribution in [3.63, 3.8) is 0 Å². The quantitative estimate of drug-likeness (QED) is 0.360. The zero-order chi connectivity index (χ0) is 24.2. The highest BCUT2D eigenvalue weighted by molar-refractivity contribution is 6.15. The molecule has 36 heavy (non-hydrogen) atoms. The van der Waals surface area contributed by atoms with Crippen LogP contribution in [-0.2, 0) is 0 Å². The van der Waals surface area contributed by atoms with Crippen LogP contribution in [0.25, 0.3) is 22.4 Å². The Morgan fingerprint density at radius 1 is 0.472 bits per heavy atom. The van der Waals surface area contributed by atoms with Crippen molar-refractivity contribution in [2.45, 2.75) is 6.17 Å². The Balaban J connectivity index is 1.35. The Morgan fingerprint density at radius 2 is 1.00 bits per heavy atom. The lowest BCUT2D eigenvalue weighted by atomic mass is 10.0. The number of nitrogens with zero attached hydrogens (tertiary/aromatic N) is 5. The van der Waals surface area contributed by atoms with Crippen molar-refractivity contribution in [2.24, 2.45) is 9.98 Å². The average molecular weight is 467 g/mol. The van der Waals surface area contributed by atoms with Crippen LogP contribution in [0.1, 0.15) is 22.9 Å². The maximum Gasteiger partial charge on any atom is 0.169 e. The Morgan fingerprint density at radius 3 is 1.61 bits per heavy atom. The van der Waals surface area contributed by atoms with Crippen molar-refractivity contribution < 1.29 is 0 Å². The third-order valence-electron chi connectivity index (χ3n) is 6.03. The fourth-order valence-corrected chi connectivity index (χ4v) is 4.13. The van der Waals surface area contributed by atoms with Gasteiger partial charge in [-0.3, -0.25) is 15.0 Å². The SMILES string of the molecule is c1ccc(-c2ccc(C3N=C(c4ccncc4)NC(c4ccc(-c5ccncc5)cc4)=N3)cc2)nc1. The number of benzene rings is 2. The van der Waals surface area contributed by atoms with E-state index >= 15 is 0 Å². The van der Waals surface area contributed by atoms with Crippen LogP contribution < -0.4 is 5.32 Å². The molecule has 0 aliphatic carbocycles. The number of amidine groups is 2. The van der Waals surface area contributed by atoms with Gasteiger partial charge in [-0.05, 0) is 53.1 Å². The molecule has 3 aromatic heterocycles. The number of nitrogens with one attached hydrogen (secondary N) is 1. The monoisotopic (exact) mass is 466 g/mol. The number of aliphatic imine (C=N–C) groups is 2. The van der Waals surface area contributed by atoms with E-state index in [4.69, 9.17) is 9.98 Å². The summed E-state index contributed by atoms with van der Waals surface area (Å²) in [5.74, 6) is 1.54. The van der Waals surface area contributed by atoms with Gasteiger partial charge in [-0.25, -0.2) is 9.98 Å². The molecule has 5 aromatic rings. The maximum absolute atomic E-state index is 4.98. The molecular formula is C30H22N6. The van der Waals surface area contributed by atoms with E-state index in [0.717, 1.165) is 50.7 Å². The predicted octanol–water partition coefficient (Wildman–Crippen LogP) is 5.70. The number of rotatable bonds is 5. The summed E-state index contributed by atoms with van der Waals surface area (Å²) in [6.45, 7) is 0. The highest BCUT2D eigenvalue weighted by Gasteiger charge is 2.20. The molecule has 0 saturated heterocycles. The Labute approximate surface area is 209 Å². The summed E-state index contributed by atoms with van der Waals surface area (Å²) in [5.41, 5.74) is 7.21. The van der Waals surface area contributed by atoms with Crippen molar-refractivity contribution in [3.05, 3.63) is 139 Å². The molecule has 0 spiro atoms. The predicted molar refractivity (Wildman–Crippen MR) is 143 cm³/mol. The topological polar surface area (TPSA) is 75.4 Å². The summed E-state index contributed by atoms with van der Waals surface area (Å²) >= 11 is 0. The number of aromatic nitrogens is 3. The molecule has 0 saturated carbocycles. The van der Waals surface area contributed by atoms with Gasteiger partial charge in [-0.2, -0.15) is 0 Å². The third kappa shape index (κ3) is 4.52. The van der Waals surface area contributed by atoms with E-state index in [-0.39, 0.29) is 6.17 Å². The van der Waals surface area contributed by atoms with Crippen LogP contribution in [-0.4, -0.2) is 26.6 Å². The van der Waals surface area contributed by atoms with E-state index in [9.17, 15) is 0 Å². The van der Waals surface area contributed by atoms with Crippen LogP contribution in [0.3, 0.4) is 0 Å². The number of hydrogen-bond donors (Lipinski definition) is 1. The molecule has 6 rings (SSSR count). The first-order valence-corrected chi connectivity index (χ1v) is 11.7. The standard InChI is InChI=1S/C30H22N6/c1-2-16-33-27(3-1)23-6-10-25(11-7-23)29-34-28(35-30(36-29)26-14-19-32-20-15-26)24-8-4-21(5-9-24)22-12-17-31-18-13-22/h1-20,29H,(H,34,35,36). The Bertz CT molecular complexity index is 1510. The molecule has 0 amide bonds. The van der Waals surface area contributed by atoms with E-state index in [1.807, 2.05) is 42.5 Å². The molecule has 172 valence electrons. The molecule has 1 aliphatic heterocycles. The van der Waals surface area contributed by atoms with E-state index in [1.54, 1.807) is 31.0 Å². The van der Waals surface area contributed by atoms with Gasteiger partial charge in [0.2, 0.25) is 0 Å². The van der Waals surface area contributed by atoms with Gasteiger partial charge in [0.1, 0.15) is 11.7 Å². The third-order valence-corrected chi connectivity index (χ3v) is 6.03. The summed E-state index contributed by atoms with van der Waals surface area (Å²) in [6.07, 6.45) is 8.57. The van der Waals surface area contributed by atoms with Gasteiger partial charge in [0.05, 0.1) is 5.69 Å². The highest BCUT2D eigenvalue weighted by atomic mass is 15.2. The fourth-order valence-electron chi connectivity index (χ4n) is 4.13. The lowest BCUT2D eigenvalue weighted by Crippen LogP contribution is -2.36. The minimum absolute atomic E-state index is 0.373. The van der Waals surface area contributed by atoms with Crippen molar-refractivity contribution in [1.82, 2.24) is 20.3 Å². The normalized spacial score (nSPS) is 14.9. The first kappa shape index (κ1) is 21.6. The van der Waals surface area contributed by atoms with Crippen molar-refractivity contribution >= 4 is 11.7 Å². The van der Waals surface area contributed by atoms with E-state index < -0.39 is 0 Å². The van der Waals surface area contributed by atoms with Gasteiger partial charge < -0.3 is 5.32 Å². The van der Waals surface area contributed by atoms with Crippen LogP contribution in [0, 0.1) is 0 Å². The summed E-state index contributed by atoms with van der Waals surface area (Å²) in [7, 11) is 0. The van der Waals surface area contributed by atoms with Crippen molar-refractivity contribution in [3.8, 4) is 22.4 Å². The van der Waals surface area contributed by atoms with Gasteiger partial charge in [0.25, 0.3) is 0 Å². The van der Waals surface area contributed by atoms with Crippen molar-refractivity contribution in [2.75, 3.05) is 0 Å². The first-order valence-electron chi connectivity index (χ1n) is 11.7. The molecule has 1 N–H and O–H groups in total. The minimum Gasteiger partial charge on any atom is -0.324 e. The summed E-state index contributed by atoms with van der Waals surface area (Å²) in [4.78, 5) is 22.6. The fraction of sp³-hybridized carbons (Fsp3) is 0.0333. The zero-order valence-corrected chi connectivity index (χ0v) is 19.4. The van der Waals surface area contributed by atoms with Gasteiger partial charge in [0.15, 0.2) is 6.17 Å². The van der Waals surface area contributed by atoms with Gasteiger partial charge in [-0.15, -0.1) is 0 Å². The number of pyridine rings is 3. The van der Waals surface area contributed by atoms with E-state index in [0.29, 0.717) is 0 Å². The zero-order valence-electron chi connectivity index (χ0n) is 19.4. The van der Waals surface area contributed by atoms with Crippen LogP contribution in [0.5, 0.6) is 0 Å². The molecule has 2 aromatic carbocycles. The Kier molecular flexibility index (Phi) is 5.82. The van der Waals surface area contributed by atoms with Gasteiger partial charge in [0, 0.05) is 47.7 Å². The van der Waals surface area contributed by atoms with Crippen LogP contribution in [0.4, 0.5) is 0 Å². The second-order valence-electron chi connectivity index (χ2n) is 8.34. The van der Waals surface area contributed by atoms with Crippen LogP contribution in [0.15, 0.2) is 132 Å². The molecule has 6 heteroatoms. The average Bonchev–Trinajstić information content (AvgIpc) is 2.98. The maximum atomic E-state index is 4.98. The highest BCUT2D eigenvalue weighted by Crippen LogP contribution is 2.27. The lowest BCUT2D eigenvalue weighted by Gasteiger charge is -2.22. The molecule has 4 heterocycles. The first-order chi connectivity index (χ1) is 17.8. The van der Waals surface area contributed by atoms with Gasteiger partial charge in [-0.1, -0.05) is 54.6 Å². The second kappa shape index (κ2) is 9.72. The molecule has 1 unspecified atom stereocenters. The molecule has 1 aliphatic rings. The lowest BCUT2D eigenvalue weighted by molar-refractivity contribution is 0.756. The minimum atomic E-state index is -0.373.